The van der Waals surface area contributed by atoms with Gasteiger partial charge in [0, 0.05) is 0 Å². The van der Waals surface area contributed by atoms with Crippen LogP contribution in [0.15, 0.2) is 0 Å². The fourth-order valence-electron chi connectivity index (χ4n) is 0.902. The molecule has 0 aromatic rings. The SMILES string of the molecule is C[C@H](N)C(=O)N[C@H](CO)[C@H](O)[C@H](N)C=O. The summed E-state index contributed by atoms with van der Waals surface area (Å²) < 4.78 is 0. The summed E-state index contributed by atoms with van der Waals surface area (Å²) in [7, 11) is 0. The van der Waals surface area contributed by atoms with Gasteiger partial charge in [-0.05, 0) is 6.92 Å². The topological polar surface area (TPSA) is 139 Å². The summed E-state index contributed by atoms with van der Waals surface area (Å²) in [5.74, 6) is -0.536. The van der Waals surface area contributed by atoms with Crippen molar-refractivity contribution in [3.63, 3.8) is 0 Å². The minimum absolute atomic E-state index is 0.339. The number of carbonyl (C=O) groups excluding carboxylic acids is 2. The van der Waals surface area contributed by atoms with Crippen LogP contribution in [0.5, 0.6) is 0 Å². The fourth-order valence-corrected chi connectivity index (χ4v) is 0.902. The maximum Gasteiger partial charge on any atom is 0.237 e. The van der Waals surface area contributed by atoms with Crippen molar-refractivity contribution in [1.29, 1.82) is 0 Å². The van der Waals surface area contributed by atoms with Crippen LogP contribution in [-0.4, -0.2) is 53.2 Å². The molecule has 7 heteroatoms. The summed E-state index contributed by atoms with van der Waals surface area (Å²) in [6.07, 6.45) is -0.999. The zero-order chi connectivity index (χ0) is 12.0. The normalized spacial score (nSPS) is 18.7. The first-order valence-electron chi connectivity index (χ1n) is 4.49. The molecule has 0 radical (unpaired) electrons. The number of rotatable bonds is 6. The maximum absolute atomic E-state index is 11.1. The number of amides is 1. The number of hydrogen-bond acceptors (Lipinski definition) is 6. The van der Waals surface area contributed by atoms with Crippen molar-refractivity contribution in [3.05, 3.63) is 0 Å². The first-order valence-corrected chi connectivity index (χ1v) is 4.49. The maximum atomic E-state index is 11.1. The Labute approximate surface area is 87.4 Å². The minimum Gasteiger partial charge on any atom is -0.394 e. The van der Waals surface area contributed by atoms with E-state index in [-0.39, 0.29) is 0 Å². The molecule has 88 valence electrons. The van der Waals surface area contributed by atoms with Crippen molar-refractivity contribution < 1.29 is 19.8 Å². The third-order valence-electron chi connectivity index (χ3n) is 1.90. The van der Waals surface area contributed by atoms with E-state index >= 15 is 0 Å². The standard InChI is InChI=1S/C8H17N3O4/c1-4(9)8(15)11-6(3-13)7(14)5(10)2-12/h2,4-7,13-14H,3,9-10H2,1H3,(H,11,15)/t4-,5+,6+,7+/m0/s1. The summed E-state index contributed by atoms with van der Waals surface area (Å²) in [5, 5.41) is 20.6. The lowest BCUT2D eigenvalue weighted by atomic mass is 10.1. The van der Waals surface area contributed by atoms with E-state index in [0.29, 0.717) is 6.29 Å². The van der Waals surface area contributed by atoms with E-state index in [1.165, 1.54) is 6.92 Å². The molecule has 0 saturated carbocycles. The van der Waals surface area contributed by atoms with Crippen LogP contribution in [0.2, 0.25) is 0 Å². The number of hydrogen-bond donors (Lipinski definition) is 5. The van der Waals surface area contributed by atoms with Crippen molar-refractivity contribution in [3.8, 4) is 0 Å². The molecule has 0 heterocycles. The van der Waals surface area contributed by atoms with Crippen molar-refractivity contribution in [2.45, 2.75) is 31.2 Å². The smallest absolute Gasteiger partial charge is 0.237 e. The molecule has 0 bridgehead atoms. The first-order chi connectivity index (χ1) is 6.93. The highest BCUT2D eigenvalue weighted by Gasteiger charge is 2.26. The Morgan fingerprint density at radius 3 is 2.40 bits per heavy atom. The summed E-state index contributed by atoms with van der Waals surface area (Å²) in [6.45, 7) is 0.928. The van der Waals surface area contributed by atoms with Gasteiger partial charge in [0.15, 0.2) is 0 Å². The molecule has 0 rings (SSSR count). The zero-order valence-corrected chi connectivity index (χ0v) is 8.46. The first kappa shape index (κ1) is 14.0. The van der Waals surface area contributed by atoms with E-state index in [1.807, 2.05) is 0 Å². The van der Waals surface area contributed by atoms with Crippen molar-refractivity contribution >= 4 is 12.2 Å². The number of aliphatic hydroxyl groups excluding tert-OH is 2. The number of aliphatic hydroxyl groups is 2. The third-order valence-corrected chi connectivity index (χ3v) is 1.90. The molecule has 0 spiro atoms. The predicted molar refractivity (Wildman–Crippen MR) is 52.7 cm³/mol. The van der Waals surface area contributed by atoms with E-state index < -0.39 is 36.7 Å². The Balaban J connectivity index is 4.36. The molecular formula is C8H17N3O4. The minimum atomic E-state index is -1.34. The second-order valence-corrected chi connectivity index (χ2v) is 3.29. The van der Waals surface area contributed by atoms with Gasteiger partial charge in [0.05, 0.1) is 30.8 Å². The number of nitrogens with one attached hydrogen (secondary N) is 1. The molecule has 1 amide bonds. The van der Waals surface area contributed by atoms with Gasteiger partial charge in [-0.1, -0.05) is 0 Å². The highest BCUT2D eigenvalue weighted by molar-refractivity contribution is 5.81. The molecule has 15 heavy (non-hydrogen) atoms. The van der Waals surface area contributed by atoms with Gasteiger partial charge in [-0.2, -0.15) is 0 Å². The van der Waals surface area contributed by atoms with Crippen LogP contribution >= 0.6 is 0 Å². The average molecular weight is 219 g/mol. The molecule has 7 nitrogen and oxygen atoms in total. The van der Waals surface area contributed by atoms with Crippen LogP contribution in [0, 0.1) is 0 Å². The second-order valence-electron chi connectivity index (χ2n) is 3.29. The Hall–Kier alpha value is -1.02. The van der Waals surface area contributed by atoms with Crippen molar-refractivity contribution in [2.24, 2.45) is 11.5 Å². The van der Waals surface area contributed by atoms with Gasteiger partial charge in [-0.15, -0.1) is 0 Å². The van der Waals surface area contributed by atoms with Crippen molar-refractivity contribution in [2.75, 3.05) is 6.61 Å². The average Bonchev–Trinajstić information content (AvgIpc) is 2.23. The molecule has 0 aliphatic rings. The largest absolute Gasteiger partial charge is 0.394 e. The van der Waals surface area contributed by atoms with Gasteiger partial charge in [-0.25, -0.2) is 0 Å². The second kappa shape index (κ2) is 6.46. The van der Waals surface area contributed by atoms with Crippen LogP contribution in [0.25, 0.3) is 0 Å². The summed E-state index contributed by atoms with van der Waals surface area (Å²) >= 11 is 0. The number of aldehydes is 1. The van der Waals surface area contributed by atoms with Crippen LogP contribution in [-0.2, 0) is 9.59 Å². The molecule has 4 atom stereocenters. The van der Waals surface area contributed by atoms with Gasteiger partial charge in [0.25, 0.3) is 0 Å². The Morgan fingerprint density at radius 2 is 2.07 bits per heavy atom. The molecule has 7 N–H and O–H groups in total. The number of carbonyl (C=O) groups is 2. The molecule has 0 aromatic carbocycles. The van der Waals surface area contributed by atoms with Crippen LogP contribution in [0.4, 0.5) is 0 Å². The fraction of sp³-hybridized carbons (Fsp3) is 0.750. The van der Waals surface area contributed by atoms with E-state index in [1.54, 1.807) is 0 Å². The molecular weight excluding hydrogens is 202 g/mol. The zero-order valence-electron chi connectivity index (χ0n) is 8.46. The van der Waals surface area contributed by atoms with E-state index in [4.69, 9.17) is 16.6 Å². The molecule has 0 aliphatic carbocycles. The number of nitrogens with two attached hydrogens (primary N) is 2. The third kappa shape index (κ3) is 4.34. The van der Waals surface area contributed by atoms with Gasteiger partial charge in [0.2, 0.25) is 5.91 Å². The predicted octanol–water partition coefficient (Wildman–Crippen LogP) is -3.30. The van der Waals surface area contributed by atoms with Crippen LogP contribution < -0.4 is 16.8 Å². The van der Waals surface area contributed by atoms with Gasteiger partial charge >= 0.3 is 0 Å². The Morgan fingerprint density at radius 1 is 1.53 bits per heavy atom. The lowest BCUT2D eigenvalue weighted by Gasteiger charge is -2.24. The van der Waals surface area contributed by atoms with Gasteiger partial charge in [0.1, 0.15) is 6.29 Å². The lowest BCUT2D eigenvalue weighted by Crippen LogP contribution is -2.56. The Bertz CT molecular complexity index is 222. The summed E-state index contributed by atoms with van der Waals surface area (Å²) in [4.78, 5) is 21.4. The van der Waals surface area contributed by atoms with Crippen molar-refractivity contribution in [1.82, 2.24) is 5.32 Å². The van der Waals surface area contributed by atoms with E-state index in [2.05, 4.69) is 5.32 Å². The highest BCUT2D eigenvalue weighted by Crippen LogP contribution is 1.97. The van der Waals surface area contributed by atoms with E-state index in [0.717, 1.165) is 0 Å². The quantitative estimate of drug-likeness (QED) is 0.296. The molecule has 0 fully saturated rings. The van der Waals surface area contributed by atoms with Crippen LogP contribution in [0.3, 0.4) is 0 Å². The molecule has 0 aromatic heterocycles. The van der Waals surface area contributed by atoms with Gasteiger partial charge < -0.3 is 31.8 Å². The summed E-state index contributed by atoms with van der Waals surface area (Å²) in [5.41, 5.74) is 10.5. The molecule has 0 saturated heterocycles. The summed E-state index contributed by atoms with van der Waals surface area (Å²) in [6, 6.07) is -2.92. The highest BCUT2D eigenvalue weighted by atomic mass is 16.3. The van der Waals surface area contributed by atoms with Crippen LogP contribution in [0.1, 0.15) is 6.92 Å². The van der Waals surface area contributed by atoms with Gasteiger partial charge in [-0.3, -0.25) is 4.79 Å². The molecule has 0 aliphatic heterocycles. The lowest BCUT2D eigenvalue weighted by molar-refractivity contribution is -0.125. The Kier molecular flexibility index (Phi) is 6.02. The van der Waals surface area contributed by atoms with E-state index in [9.17, 15) is 14.7 Å². The molecule has 0 unspecified atom stereocenters. The monoisotopic (exact) mass is 219 g/mol.